The van der Waals surface area contributed by atoms with Crippen LogP contribution in [0.5, 0.6) is 5.88 Å². The van der Waals surface area contributed by atoms with Gasteiger partial charge in [0.05, 0.1) is 13.3 Å². The molecule has 0 saturated heterocycles. The summed E-state index contributed by atoms with van der Waals surface area (Å²) in [5, 5.41) is 0. The van der Waals surface area contributed by atoms with Gasteiger partial charge < -0.3 is 10.5 Å². The van der Waals surface area contributed by atoms with Crippen LogP contribution in [0, 0.1) is 0 Å². The molecule has 16 heavy (non-hydrogen) atoms. The van der Waals surface area contributed by atoms with Crippen molar-refractivity contribution in [2.45, 2.75) is 17.9 Å². The fourth-order valence-electron chi connectivity index (χ4n) is 1.03. The molecule has 0 fully saturated rings. The summed E-state index contributed by atoms with van der Waals surface area (Å²) >= 11 is 0. The SMILES string of the molecule is COc1ccc(S(=O)(=O)N[C@H](C)CN)cn1. The summed E-state index contributed by atoms with van der Waals surface area (Å²) in [5.74, 6) is 0.367. The highest BCUT2D eigenvalue weighted by atomic mass is 32.2. The number of rotatable bonds is 5. The third-order valence-corrected chi connectivity index (χ3v) is 3.51. The van der Waals surface area contributed by atoms with Crippen LogP contribution in [0.3, 0.4) is 0 Å². The number of methoxy groups -OCH3 is 1. The van der Waals surface area contributed by atoms with Crippen molar-refractivity contribution in [3.63, 3.8) is 0 Å². The maximum absolute atomic E-state index is 11.8. The number of hydrogen-bond acceptors (Lipinski definition) is 5. The van der Waals surface area contributed by atoms with E-state index in [9.17, 15) is 8.42 Å². The summed E-state index contributed by atoms with van der Waals surface area (Å²) < 4.78 is 30.8. The van der Waals surface area contributed by atoms with Crippen molar-refractivity contribution in [2.24, 2.45) is 5.73 Å². The minimum Gasteiger partial charge on any atom is -0.481 e. The molecule has 6 nitrogen and oxygen atoms in total. The average Bonchev–Trinajstić information content (AvgIpc) is 2.28. The van der Waals surface area contributed by atoms with Crippen molar-refractivity contribution in [1.82, 2.24) is 9.71 Å². The van der Waals surface area contributed by atoms with Crippen LogP contribution in [-0.4, -0.2) is 33.1 Å². The summed E-state index contributed by atoms with van der Waals surface area (Å²) in [7, 11) is -2.08. The highest BCUT2D eigenvalue weighted by molar-refractivity contribution is 7.89. The molecule has 0 amide bonds. The monoisotopic (exact) mass is 245 g/mol. The molecule has 90 valence electrons. The fourth-order valence-corrected chi connectivity index (χ4v) is 2.23. The molecule has 7 heteroatoms. The van der Waals surface area contributed by atoms with Crippen LogP contribution < -0.4 is 15.2 Å². The first-order valence-corrected chi connectivity index (χ1v) is 6.20. The summed E-state index contributed by atoms with van der Waals surface area (Å²) in [4.78, 5) is 3.92. The number of hydrogen-bond donors (Lipinski definition) is 2. The number of nitrogens with one attached hydrogen (secondary N) is 1. The van der Waals surface area contributed by atoms with Gasteiger partial charge in [-0.3, -0.25) is 0 Å². The van der Waals surface area contributed by atoms with E-state index in [1.807, 2.05) is 0 Å². The van der Waals surface area contributed by atoms with E-state index >= 15 is 0 Å². The van der Waals surface area contributed by atoms with Gasteiger partial charge >= 0.3 is 0 Å². The Kier molecular flexibility index (Phi) is 4.22. The first-order valence-electron chi connectivity index (χ1n) is 4.72. The van der Waals surface area contributed by atoms with Crippen LogP contribution in [0.15, 0.2) is 23.2 Å². The minimum absolute atomic E-state index is 0.0913. The Balaban J connectivity index is 2.90. The lowest BCUT2D eigenvalue weighted by molar-refractivity contribution is 0.397. The van der Waals surface area contributed by atoms with Gasteiger partial charge in [0, 0.05) is 18.7 Å². The molecule has 0 bridgehead atoms. The molecule has 0 aliphatic heterocycles. The molecule has 3 N–H and O–H groups in total. The van der Waals surface area contributed by atoms with E-state index < -0.39 is 10.0 Å². The Hall–Kier alpha value is -1.18. The lowest BCUT2D eigenvalue weighted by atomic mass is 10.4. The number of sulfonamides is 1. The van der Waals surface area contributed by atoms with Crippen LogP contribution in [0.2, 0.25) is 0 Å². The van der Waals surface area contributed by atoms with E-state index in [1.165, 1.54) is 25.4 Å². The largest absolute Gasteiger partial charge is 0.481 e. The van der Waals surface area contributed by atoms with E-state index in [0.717, 1.165) is 0 Å². The van der Waals surface area contributed by atoms with Gasteiger partial charge in [-0.1, -0.05) is 0 Å². The third kappa shape index (κ3) is 3.16. The zero-order chi connectivity index (χ0) is 12.2. The molecule has 1 atom stereocenters. The van der Waals surface area contributed by atoms with Gasteiger partial charge in [-0.15, -0.1) is 0 Å². The molecule has 0 spiro atoms. The van der Waals surface area contributed by atoms with Gasteiger partial charge in [0.25, 0.3) is 0 Å². The standard InChI is InChI=1S/C9H15N3O3S/c1-7(5-10)12-16(13,14)8-3-4-9(15-2)11-6-8/h3-4,6-7,12H,5,10H2,1-2H3/t7-/m1/s1. The lowest BCUT2D eigenvalue weighted by Gasteiger charge is -2.11. The highest BCUT2D eigenvalue weighted by Gasteiger charge is 2.16. The van der Waals surface area contributed by atoms with Crippen molar-refractivity contribution in [1.29, 1.82) is 0 Å². The molecule has 0 radical (unpaired) electrons. The van der Waals surface area contributed by atoms with E-state index in [2.05, 4.69) is 9.71 Å². The molecule has 1 aromatic heterocycles. The predicted octanol–water partition coefficient (Wildman–Crippen LogP) is -0.284. The maximum Gasteiger partial charge on any atom is 0.242 e. The molecule has 0 aliphatic rings. The van der Waals surface area contributed by atoms with E-state index in [-0.39, 0.29) is 17.5 Å². The Morgan fingerprint density at radius 2 is 2.25 bits per heavy atom. The van der Waals surface area contributed by atoms with Crippen molar-refractivity contribution in [3.8, 4) is 5.88 Å². The summed E-state index contributed by atoms with van der Waals surface area (Å²) in [6, 6.07) is 2.60. The zero-order valence-corrected chi connectivity index (χ0v) is 9.99. The second kappa shape index (κ2) is 5.24. The van der Waals surface area contributed by atoms with Gasteiger partial charge in [0.15, 0.2) is 0 Å². The minimum atomic E-state index is -3.54. The number of nitrogens with zero attached hydrogens (tertiary/aromatic N) is 1. The van der Waals surface area contributed by atoms with Crippen molar-refractivity contribution in [2.75, 3.05) is 13.7 Å². The summed E-state index contributed by atoms with van der Waals surface area (Å²) in [5.41, 5.74) is 5.34. The number of ether oxygens (including phenoxy) is 1. The van der Waals surface area contributed by atoms with Crippen molar-refractivity contribution >= 4 is 10.0 Å². The van der Waals surface area contributed by atoms with E-state index in [0.29, 0.717) is 5.88 Å². The van der Waals surface area contributed by atoms with Crippen LogP contribution in [0.1, 0.15) is 6.92 Å². The maximum atomic E-state index is 11.8. The fraction of sp³-hybridized carbons (Fsp3) is 0.444. The predicted molar refractivity (Wildman–Crippen MR) is 59.6 cm³/mol. The highest BCUT2D eigenvalue weighted by Crippen LogP contribution is 2.11. The smallest absolute Gasteiger partial charge is 0.242 e. The second-order valence-electron chi connectivity index (χ2n) is 3.29. The number of nitrogens with two attached hydrogens (primary N) is 1. The Morgan fingerprint density at radius 1 is 1.56 bits per heavy atom. The zero-order valence-electron chi connectivity index (χ0n) is 9.17. The molecule has 0 unspecified atom stereocenters. The Labute approximate surface area is 94.9 Å². The van der Waals surface area contributed by atoms with Crippen LogP contribution >= 0.6 is 0 Å². The number of aromatic nitrogens is 1. The molecule has 0 saturated carbocycles. The molecule has 1 rings (SSSR count). The molecule has 0 aromatic carbocycles. The quantitative estimate of drug-likeness (QED) is 0.743. The number of pyridine rings is 1. The Bertz CT molecular complexity index is 430. The normalized spacial score (nSPS) is 13.4. The van der Waals surface area contributed by atoms with Crippen molar-refractivity contribution < 1.29 is 13.2 Å². The first-order chi connectivity index (χ1) is 7.49. The van der Waals surface area contributed by atoms with Gasteiger partial charge in [-0.2, -0.15) is 0 Å². The molecule has 1 aromatic rings. The summed E-state index contributed by atoms with van der Waals surface area (Å²) in [6.45, 7) is 1.93. The van der Waals surface area contributed by atoms with Crippen molar-refractivity contribution in [3.05, 3.63) is 18.3 Å². The van der Waals surface area contributed by atoms with Gasteiger partial charge in [0.2, 0.25) is 15.9 Å². The van der Waals surface area contributed by atoms with Crippen LogP contribution in [0.25, 0.3) is 0 Å². The van der Waals surface area contributed by atoms with Crippen LogP contribution in [0.4, 0.5) is 0 Å². The molecular formula is C9H15N3O3S. The third-order valence-electron chi connectivity index (χ3n) is 1.94. The second-order valence-corrected chi connectivity index (χ2v) is 5.01. The summed E-state index contributed by atoms with van der Waals surface area (Å²) in [6.07, 6.45) is 1.24. The van der Waals surface area contributed by atoms with Crippen LogP contribution in [-0.2, 0) is 10.0 Å². The molecule has 0 aliphatic carbocycles. The lowest BCUT2D eigenvalue weighted by Crippen LogP contribution is -2.37. The van der Waals surface area contributed by atoms with Gasteiger partial charge in [0.1, 0.15) is 4.90 Å². The van der Waals surface area contributed by atoms with E-state index in [1.54, 1.807) is 6.92 Å². The molecule has 1 heterocycles. The average molecular weight is 245 g/mol. The molecular weight excluding hydrogens is 230 g/mol. The Morgan fingerprint density at radius 3 is 2.69 bits per heavy atom. The van der Waals surface area contributed by atoms with Gasteiger partial charge in [-0.05, 0) is 13.0 Å². The topological polar surface area (TPSA) is 94.3 Å². The van der Waals surface area contributed by atoms with E-state index in [4.69, 9.17) is 10.5 Å². The first kappa shape index (κ1) is 12.9. The van der Waals surface area contributed by atoms with Gasteiger partial charge in [-0.25, -0.2) is 18.1 Å².